The monoisotopic (exact) mass is 434 g/mol. The quantitative estimate of drug-likeness (QED) is 0.677. The third kappa shape index (κ3) is 6.32. The number of likely N-dealkylation sites (tertiary alicyclic amines) is 1. The lowest BCUT2D eigenvalue weighted by molar-refractivity contribution is 0.0648. The van der Waals surface area contributed by atoms with Gasteiger partial charge in [-0.15, -0.1) is 0 Å². The Morgan fingerprint density at radius 3 is 2.60 bits per heavy atom. The Kier molecular flexibility index (Phi) is 7.58. The normalized spacial score (nSPS) is 18.7. The zero-order valence-corrected chi connectivity index (χ0v) is 19.2. The summed E-state index contributed by atoms with van der Waals surface area (Å²) in [7, 11) is -3.13. The Morgan fingerprint density at radius 2 is 1.93 bits per heavy atom. The fraction of sp³-hybridized carbons (Fsp3) is 0.609. The van der Waals surface area contributed by atoms with E-state index in [4.69, 9.17) is 4.74 Å². The first-order chi connectivity index (χ1) is 14.2. The molecule has 0 bridgehead atoms. The van der Waals surface area contributed by atoms with E-state index in [9.17, 15) is 13.2 Å². The van der Waals surface area contributed by atoms with Gasteiger partial charge in [0.2, 0.25) is 10.0 Å². The molecular weight excluding hydrogens is 400 g/mol. The SMILES string of the molecule is CC(C)OC(=O)N1CCC(CCC=Cc2ccc3c(c2)CCN(S(C)(=O)=O)C3)CC1. The summed E-state index contributed by atoms with van der Waals surface area (Å²) in [5.41, 5.74) is 3.53. The number of sulfonamides is 1. The van der Waals surface area contributed by atoms with Gasteiger partial charge in [0, 0.05) is 26.2 Å². The molecular formula is C23H34N2O4S. The van der Waals surface area contributed by atoms with Crippen molar-refractivity contribution in [1.82, 2.24) is 9.21 Å². The third-order valence-corrected chi connectivity index (χ3v) is 7.19. The molecule has 1 amide bonds. The maximum absolute atomic E-state index is 12.0. The number of fused-ring (bicyclic) bond motifs is 1. The smallest absolute Gasteiger partial charge is 0.410 e. The molecule has 0 unspecified atom stereocenters. The predicted molar refractivity (Wildman–Crippen MR) is 120 cm³/mol. The summed E-state index contributed by atoms with van der Waals surface area (Å²) >= 11 is 0. The van der Waals surface area contributed by atoms with Crippen LogP contribution in [0.25, 0.3) is 6.08 Å². The largest absolute Gasteiger partial charge is 0.447 e. The fourth-order valence-electron chi connectivity index (χ4n) is 4.17. The van der Waals surface area contributed by atoms with Crippen LogP contribution < -0.4 is 0 Å². The van der Waals surface area contributed by atoms with E-state index in [0.717, 1.165) is 50.8 Å². The first kappa shape index (κ1) is 22.8. The van der Waals surface area contributed by atoms with Gasteiger partial charge in [0.05, 0.1) is 12.4 Å². The van der Waals surface area contributed by atoms with E-state index in [1.54, 1.807) is 4.31 Å². The van der Waals surface area contributed by atoms with Crippen molar-refractivity contribution in [2.24, 2.45) is 5.92 Å². The van der Waals surface area contributed by atoms with Crippen LogP contribution >= 0.6 is 0 Å². The number of ether oxygens (including phenoxy) is 1. The maximum Gasteiger partial charge on any atom is 0.410 e. The number of hydrogen-bond acceptors (Lipinski definition) is 4. The molecule has 166 valence electrons. The highest BCUT2D eigenvalue weighted by molar-refractivity contribution is 7.88. The lowest BCUT2D eigenvalue weighted by Crippen LogP contribution is -2.39. The molecule has 3 rings (SSSR count). The minimum atomic E-state index is -3.13. The van der Waals surface area contributed by atoms with E-state index in [-0.39, 0.29) is 12.2 Å². The molecule has 30 heavy (non-hydrogen) atoms. The lowest BCUT2D eigenvalue weighted by Gasteiger charge is -2.31. The van der Waals surface area contributed by atoms with Gasteiger partial charge in [-0.2, -0.15) is 4.31 Å². The van der Waals surface area contributed by atoms with Crippen LogP contribution in [0.3, 0.4) is 0 Å². The van der Waals surface area contributed by atoms with Gasteiger partial charge >= 0.3 is 6.09 Å². The molecule has 2 aliphatic rings. The molecule has 0 spiro atoms. The van der Waals surface area contributed by atoms with Crippen molar-refractivity contribution in [2.75, 3.05) is 25.9 Å². The van der Waals surface area contributed by atoms with Crippen LogP contribution in [0.1, 0.15) is 56.2 Å². The van der Waals surface area contributed by atoms with Crippen LogP contribution in [0.4, 0.5) is 4.79 Å². The van der Waals surface area contributed by atoms with Crippen LogP contribution in [0.2, 0.25) is 0 Å². The molecule has 1 fully saturated rings. The van der Waals surface area contributed by atoms with Crippen LogP contribution in [0.15, 0.2) is 24.3 Å². The van der Waals surface area contributed by atoms with Crippen molar-refractivity contribution < 1.29 is 17.9 Å². The summed E-state index contributed by atoms with van der Waals surface area (Å²) in [4.78, 5) is 13.8. The number of carbonyl (C=O) groups is 1. The minimum Gasteiger partial charge on any atom is -0.447 e. The second kappa shape index (κ2) is 9.96. The first-order valence-corrected chi connectivity index (χ1v) is 12.8. The molecule has 1 aromatic carbocycles. The van der Waals surface area contributed by atoms with Gasteiger partial charge in [-0.05, 0) is 68.6 Å². The van der Waals surface area contributed by atoms with Crippen LogP contribution in [0, 0.1) is 5.92 Å². The van der Waals surface area contributed by atoms with E-state index in [2.05, 4.69) is 30.4 Å². The van der Waals surface area contributed by atoms with Crippen molar-refractivity contribution in [2.45, 2.75) is 58.6 Å². The van der Waals surface area contributed by atoms with Crippen molar-refractivity contribution in [3.8, 4) is 0 Å². The molecule has 0 radical (unpaired) electrons. The number of nitrogens with zero attached hydrogens (tertiary/aromatic N) is 2. The maximum atomic E-state index is 12.0. The molecule has 0 saturated carbocycles. The number of piperidine rings is 1. The van der Waals surface area contributed by atoms with Gasteiger partial charge < -0.3 is 9.64 Å². The number of carbonyl (C=O) groups excluding carboxylic acids is 1. The van der Waals surface area contributed by atoms with E-state index in [0.29, 0.717) is 19.0 Å². The van der Waals surface area contributed by atoms with Gasteiger partial charge in [0.15, 0.2) is 0 Å². The Bertz CT molecular complexity index is 871. The van der Waals surface area contributed by atoms with E-state index in [1.165, 1.54) is 17.4 Å². The highest BCUT2D eigenvalue weighted by Gasteiger charge is 2.24. The highest BCUT2D eigenvalue weighted by atomic mass is 32.2. The summed E-state index contributed by atoms with van der Waals surface area (Å²) in [6.45, 7) is 6.36. The Morgan fingerprint density at radius 1 is 1.20 bits per heavy atom. The van der Waals surface area contributed by atoms with Gasteiger partial charge in [-0.25, -0.2) is 13.2 Å². The Balaban J connectivity index is 1.43. The van der Waals surface area contributed by atoms with Crippen LogP contribution in [0.5, 0.6) is 0 Å². The average Bonchev–Trinajstić information content (AvgIpc) is 2.70. The standard InChI is InChI=1S/C23H34N2O4S/c1-18(2)29-23(26)24-13-10-19(11-14-24)6-4-5-7-20-8-9-22-17-25(30(3,27)28)15-12-21(22)16-20/h5,7-9,16,18-19H,4,6,10-15,17H2,1-3H3. The third-order valence-electron chi connectivity index (χ3n) is 5.94. The second-order valence-corrected chi connectivity index (χ2v) is 10.7. The average molecular weight is 435 g/mol. The van der Waals surface area contributed by atoms with Crippen LogP contribution in [-0.4, -0.2) is 55.7 Å². The van der Waals surface area contributed by atoms with Gasteiger partial charge in [-0.1, -0.05) is 30.4 Å². The van der Waals surface area contributed by atoms with Crippen molar-refractivity contribution in [3.05, 3.63) is 41.0 Å². The van der Waals surface area contributed by atoms with Crippen LogP contribution in [-0.2, 0) is 27.7 Å². The molecule has 1 aromatic rings. The van der Waals surface area contributed by atoms with Crippen molar-refractivity contribution in [3.63, 3.8) is 0 Å². The summed E-state index contributed by atoms with van der Waals surface area (Å²) in [6, 6.07) is 6.31. The minimum absolute atomic E-state index is 0.0671. The fourth-order valence-corrected chi connectivity index (χ4v) is 4.96. The van der Waals surface area contributed by atoms with E-state index in [1.807, 2.05) is 18.7 Å². The molecule has 2 aliphatic heterocycles. The highest BCUT2D eigenvalue weighted by Crippen LogP contribution is 2.24. The number of benzene rings is 1. The Hall–Kier alpha value is -1.86. The van der Waals surface area contributed by atoms with Gasteiger partial charge in [-0.3, -0.25) is 0 Å². The molecule has 1 saturated heterocycles. The first-order valence-electron chi connectivity index (χ1n) is 10.9. The number of hydrogen-bond donors (Lipinski definition) is 0. The molecule has 0 atom stereocenters. The second-order valence-electron chi connectivity index (χ2n) is 8.72. The summed E-state index contributed by atoms with van der Waals surface area (Å²) in [5.74, 6) is 0.656. The Labute approximate surface area is 180 Å². The van der Waals surface area contributed by atoms with E-state index < -0.39 is 10.0 Å². The lowest BCUT2D eigenvalue weighted by atomic mass is 9.92. The number of amides is 1. The molecule has 7 heteroatoms. The molecule has 6 nitrogen and oxygen atoms in total. The topological polar surface area (TPSA) is 66.9 Å². The molecule has 0 aliphatic carbocycles. The molecule has 2 heterocycles. The predicted octanol–water partition coefficient (Wildman–Crippen LogP) is 4.05. The van der Waals surface area contributed by atoms with Crippen molar-refractivity contribution in [1.29, 1.82) is 0 Å². The van der Waals surface area contributed by atoms with Gasteiger partial charge in [0.25, 0.3) is 0 Å². The number of allylic oxidation sites excluding steroid dienone is 1. The van der Waals surface area contributed by atoms with Gasteiger partial charge in [0.1, 0.15) is 0 Å². The summed E-state index contributed by atoms with van der Waals surface area (Å²) in [5, 5.41) is 0. The zero-order chi connectivity index (χ0) is 21.7. The number of rotatable bonds is 6. The molecule has 0 N–H and O–H groups in total. The zero-order valence-electron chi connectivity index (χ0n) is 18.3. The molecule has 0 aromatic heterocycles. The van der Waals surface area contributed by atoms with Crippen molar-refractivity contribution >= 4 is 22.2 Å². The summed E-state index contributed by atoms with van der Waals surface area (Å²) < 4.78 is 30.3. The summed E-state index contributed by atoms with van der Waals surface area (Å²) in [6.07, 6.45) is 10.4. The van der Waals surface area contributed by atoms with E-state index >= 15 is 0 Å².